The molecule has 0 aliphatic rings. The highest BCUT2D eigenvalue weighted by atomic mass is 31.2. The Morgan fingerprint density at radius 2 is 1.44 bits per heavy atom. The van der Waals surface area contributed by atoms with E-state index in [1.54, 1.807) is 6.92 Å². The maximum Gasteiger partial charge on any atom is 0.367 e. The SMILES string of the molecule is CCCCCCCCCCOP(=O)(F)CC. The van der Waals surface area contributed by atoms with Crippen LogP contribution in [0, 0.1) is 0 Å². The summed E-state index contributed by atoms with van der Waals surface area (Å²) < 4.78 is 28.5. The van der Waals surface area contributed by atoms with Crippen LogP contribution < -0.4 is 0 Å². The Hall–Kier alpha value is 0.120. The van der Waals surface area contributed by atoms with Gasteiger partial charge in [0.2, 0.25) is 0 Å². The Bertz CT molecular complexity index is 197. The molecule has 0 aliphatic heterocycles. The van der Waals surface area contributed by atoms with Crippen molar-refractivity contribution in [3.8, 4) is 0 Å². The Labute approximate surface area is 99.5 Å². The van der Waals surface area contributed by atoms with Gasteiger partial charge < -0.3 is 4.52 Å². The second-order valence-corrected chi connectivity index (χ2v) is 6.29. The summed E-state index contributed by atoms with van der Waals surface area (Å²) in [6.07, 6.45) is 9.51. The Kier molecular flexibility index (Phi) is 10.4. The molecule has 0 saturated carbocycles. The molecule has 0 spiro atoms. The standard InChI is InChI=1S/C12H26FO2P/c1-3-5-6-7-8-9-10-11-12-15-16(13,14)4-2/h3-12H2,1-2H3. The van der Waals surface area contributed by atoms with Gasteiger partial charge in [-0.15, -0.1) is 0 Å². The van der Waals surface area contributed by atoms with Crippen molar-refractivity contribution in [2.24, 2.45) is 0 Å². The third-order valence-corrected chi connectivity index (χ3v) is 3.98. The van der Waals surface area contributed by atoms with E-state index >= 15 is 0 Å². The molecule has 0 heterocycles. The van der Waals surface area contributed by atoms with Gasteiger partial charge in [0.15, 0.2) is 0 Å². The first-order chi connectivity index (χ1) is 7.62. The summed E-state index contributed by atoms with van der Waals surface area (Å²) in [5.74, 6) is 0. The van der Waals surface area contributed by atoms with Gasteiger partial charge in [0.25, 0.3) is 0 Å². The van der Waals surface area contributed by atoms with E-state index in [1.807, 2.05) is 0 Å². The van der Waals surface area contributed by atoms with Gasteiger partial charge in [0, 0.05) is 0 Å². The highest BCUT2D eigenvalue weighted by Crippen LogP contribution is 2.47. The van der Waals surface area contributed by atoms with Crippen molar-refractivity contribution in [3.63, 3.8) is 0 Å². The topological polar surface area (TPSA) is 26.3 Å². The summed E-state index contributed by atoms with van der Waals surface area (Å²) >= 11 is 0. The van der Waals surface area contributed by atoms with E-state index in [2.05, 4.69) is 6.92 Å². The fourth-order valence-electron chi connectivity index (χ4n) is 1.53. The molecule has 0 aromatic rings. The highest BCUT2D eigenvalue weighted by molar-refractivity contribution is 7.53. The lowest BCUT2D eigenvalue weighted by Gasteiger charge is -2.07. The maximum atomic E-state index is 12.9. The number of hydrogen-bond acceptors (Lipinski definition) is 2. The summed E-state index contributed by atoms with van der Waals surface area (Å²) in [4.78, 5) is 0. The second kappa shape index (κ2) is 10.3. The number of unbranched alkanes of at least 4 members (excludes halogenated alkanes) is 7. The molecular formula is C12H26FO2P. The first-order valence-electron chi connectivity index (χ1n) is 6.55. The van der Waals surface area contributed by atoms with Crippen molar-refractivity contribution in [3.05, 3.63) is 0 Å². The van der Waals surface area contributed by atoms with Gasteiger partial charge in [0.05, 0.1) is 12.8 Å². The first kappa shape index (κ1) is 16.1. The van der Waals surface area contributed by atoms with Crippen molar-refractivity contribution in [1.82, 2.24) is 0 Å². The van der Waals surface area contributed by atoms with Crippen molar-refractivity contribution in [2.45, 2.75) is 65.2 Å². The zero-order valence-corrected chi connectivity index (χ0v) is 11.6. The average molecular weight is 252 g/mol. The third kappa shape index (κ3) is 10.6. The van der Waals surface area contributed by atoms with E-state index in [-0.39, 0.29) is 6.16 Å². The number of hydrogen-bond donors (Lipinski definition) is 0. The number of halogens is 1. The fraction of sp³-hybridized carbons (Fsp3) is 1.00. The van der Waals surface area contributed by atoms with E-state index in [1.165, 1.54) is 38.5 Å². The minimum absolute atomic E-state index is 0.00990. The molecule has 0 aromatic heterocycles. The van der Waals surface area contributed by atoms with Gasteiger partial charge in [-0.25, -0.2) is 0 Å². The van der Waals surface area contributed by atoms with Crippen LogP contribution in [-0.4, -0.2) is 12.8 Å². The lowest BCUT2D eigenvalue weighted by atomic mass is 10.1. The Balaban J connectivity index is 3.13. The van der Waals surface area contributed by atoms with Crippen LogP contribution in [0.4, 0.5) is 4.20 Å². The van der Waals surface area contributed by atoms with Gasteiger partial charge in [-0.3, -0.25) is 4.57 Å². The molecule has 0 amide bonds. The quantitative estimate of drug-likeness (QED) is 0.367. The van der Waals surface area contributed by atoms with Crippen molar-refractivity contribution in [2.75, 3.05) is 12.8 Å². The number of rotatable bonds is 11. The molecule has 1 atom stereocenters. The van der Waals surface area contributed by atoms with Crippen molar-refractivity contribution < 1.29 is 13.3 Å². The van der Waals surface area contributed by atoms with Crippen LogP contribution in [0.1, 0.15) is 65.2 Å². The monoisotopic (exact) mass is 252 g/mol. The summed E-state index contributed by atoms with van der Waals surface area (Å²) in [5, 5.41) is 0. The molecule has 98 valence electrons. The molecule has 4 heteroatoms. The fourth-order valence-corrected chi connectivity index (χ4v) is 2.11. The van der Waals surface area contributed by atoms with E-state index in [0.717, 1.165) is 12.8 Å². The van der Waals surface area contributed by atoms with Gasteiger partial charge in [0.1, 0.15) is 0 Å². The third-order valence-electron chi connectivity index (χ3n) is 2.66. The largest absolute Gasteiger partial charge is 0.367 e. The predicted octanol–water partition coefficient (Wildman–Crippen LogP) is 5.33. The lowest BCUT2D eigenvalue weighted by molar-refractivity contribution is 0.278. The second-order valence-electron chi connectivity index (χ2n) is 4.21. The highest BCUT2D eigenvalue weighted by Gasteiger charge is 2.17. The van der Waals surface area contributed by atoms with Crippen LogP contribution in [0.15, 0.2) is 0 Å². The average Bonchev–Trinajstić information content (AvgIpc) is 2.27. The van der Waals surface area contributed by atoms with Gasteiger partial charge in [-0.2, -0.15) is 4.20 Å². The minimum atomic E-state index is -3.74. The van der Waals surface area contributed by atoms with E-state index in [4.69, 9.17) is 4.52 Å². The zero-order valence-electron chi connectivity index (χ0n) is 10.7. The van der Waals surface area contributed by atoms with Crippen molar-refractivity contribution in [1.29, 1.82) is 0 Å². The molecule has 0 radical (unpaired) electrons. The van der Waals surface area contributed by atoms with E-state index in [9.17, 15) is 8.76 Å². The zero-order chi connectivity index (χ0) is 12.3. The summed E-state index contributed by atoms with van der Waals surface area (Å²) in [5.41, 5.74) is 0. The molecule has 0 fully saturated rings. The Morgan fingerprint density at radius 1 is 0.938 bits per heavy atom. The van der Waals surface area contributed by atoms with Gasteiger partial charge >= 0.3 is 7.68 Å². The van der Waals surface area contributed by atoms with Gasteiger partial charge in [-0.1, -0.05) is 58.8 Å². The molecule has 0 aliphatic carbocycles. The normalized spacial score (nSPS) is 14.9. The molecule has 0 rings (SSSR count). The Morgan fingerprint density at radius 3 is 1.94 bits per heavy atom. The lowest BCUT2D eigenvalue weighted by Crippen LogP contribution is -1.92. The molecule has 1 unspecified atom stereocenters. The van der Waals surface area contributed by atoms with Crippen LogP contribution in [0.25, 0.3) is 0 Å². The molecule has 2 nitrogen and oxygen atoms in total. The van der Waals surface area contributed by atoms with Crippen LogP contribution in [0.5, 0.6) is 0 Å². The summed E-state index contributed by atoms with van der Waals surface area (Å²) in [7, 11) is -3.74. The minimum Gasteiger partial charge on any atom is -0.306 e. The van der Waals surface area contributed by atoms with Crippen molar-refractivity contribution >= 4 is 7.68 Å². The van der Waals surface area contributed by atoms with E-state index in [0.29, 0.717) is 6.61 Å². The predicted molar refractivity (Wildman–Crippen MR) is 67.8 cm³/mol. The molecule has 0 N–H and O–H groups in total. The molecular weight excluding hydrogens is 226 g/mol. The van der Waals surface area contributed by atoms with Crippen LogP contribution >= 0.6 is 7.68 Å². The maximum absolute atomic E-state index is 12.9. The van der Waals surface area contributed by atoms with E-state index < -0.39 is 7.68 Å². The van der Waals surface area contributed by atoms with Crippen LogP contribution in [-0.2, 0) is 9.09 Å². The van der Waals surface area contributed by atoms with Crippen LogP contribution in [0.2, 0.25) is 0 Å². The summed E-state index contributed by atoms with van der Waals surface area (Å²) in [6, 6.07) is 0. The first-order valence-corrected chi connectivity index (χ1v) is 8.25. The smallest absolute Gasteiger partial charge is 0.306 e. The molecule has 0 bridgehead atoms. The molecule has 0 aromatic carbocycles. The molecule has 16 heavy (non-hydrogen) atoms. The van der Waals surface area contributed by atoms with Crippen LogP contribution in [0.3, 0.4) is 0 Å². The van der Waals surface area contributed by atoms with Gasteiger partial charge in [-0.05, 0) is 6.42 Å². The summed E-state index contributed by atoms with van der Waals surface area (Å²) in [6.45, 7) is 4.06. The molecule has 0 saturated heterocycles.